The summed E-state index contributed by atoms with van der Waals surface area (Å²) in [6.07, 6.45) is 0. The van der Waals surface area contributed by atoms with Gasteiger partial charge in [0.1, 0.15) is 17.1 Å². The third kappa shape index (κ3) is 2.82. The van der Waals surface area contributed by atoms with Gasteiger partial charge in [0.25, 0.3) is 0 Å². The molecule has 16 heavy (non-hydrogen) atoms. The van der Waals surface area contributed by atoms with E-state index in [2.05, 4.69) is 0 Å². The maximum absolute atomic E-state index is 13.0. The third-order valence-corrected chi connectivity index (χ3v) is 1.93. The first-order valence-corrected chi connectivity index (χ1v) is 4.09. The standard InChI is InChI=1S/C9H10FNO4.ClH/c10-4-1-5(7(11)3-12)8(13)6(2-4)9(14)15;/h1-2,7,12-13H,3,11H2,(H,14,15);1H/t7-;/m0./s1. The molecule has 0 fully saturated rings. The molecule has 1 rings (SSSR count). The van der Waals surface area contributed by atoms with Crippen LogP contribution < -0.4 is 5.73 Å². The molecule has 0 spiro atoms. The highest BCUT2D eigenvalue weighted by Crippen LogP contribution is 2.28. The molecule has 0 radical (unpaired) electrons. The summed E-state index contributed by atoms with van der Waals surface area (Å²) in [6.45, 7) is -0.518. The largest absolute Gasteiger partial charge is 0.507 e. The summed E-state index contributed by atoms with van der Waals surface area (Å²) in [6, 6.07) is 0.562. The van der Waals surface area contributed by atoms with Gasteiger partial charge in [-0.15, -0.1) is 12.4 Å². The third-order valence-electron chi connectivity index (χ3n) is 1.93. The van der Waals surface area contributed by atoms with Crippen molar-refractivity contribution in [3.8, 4) is 5.75 Å². The van der Waals surface area contributed by atoms with Gasteiger partial charge in [-0.1, -0.05) is 0 Å². The van der Waals surface area contributed by atoms with Crippen molar-refractivity contribution >= 4 is 18.4 Å². The number of benzene rings is 1. The quantitative estimate of drug-likeness (QED) is 0.631. The second-order valence-corrected chi connectivity index (χ2v) is 2.99. The normalized spacial score (nSPS) is 11.7. The number of halogens is 2. The molecule has 7 heteroatoms. The van der Waals surface area contributed by atoms with E-state index in [0.717, 1.165) is 6.07 Å². The number of nitrogens with two attached hydrogens (primary N) is 1. The Balaban J connectivity index is 0.00000225. The van der Waals surface area contributed by atoms with Gasteiger partial charge in [0.05, 0.1) is 12.6 Å². The van der Waals surface area contributed by atoms with E-state index in [9.17, 15) is 14.3 Å². The molecule has 0 amide bonds. The number of aromatic carboxylic acids is 1. The average molecular weight is 252 g/mol. The van der Waals surface area contributed by atoms with Crippen molar-refractivity contribution in [2.24, 2.45) is 5.73 Å². The average Bonchev–Trinajstić information content (AvgIpc) is 2.19. The van der Waals surface area contributed by atoms with Crippen LogP contribution in [0.1, 0.15) is 22.0 Å². The van der Waals surface area contributed by atoms with Gasteiger partial charge in [0, 0.05) is 5.56 Å². The van der Waals surface area contributed by atoms with Crippen molar-refractivity contribution < 1.29 is 24.5 Å². The Morgan fingerprint density at radius 3 is 2.50 bits per heavy atom. The first kappa shape index (κ1) is 14.6. The molecule has 0 unspecified atom stereocenters. The van der Waals surface area contributed by atoms with E-state index in [-0.39, 0.29) is 18.0 Å². The Morgan fingerprint density at radius 1 is 1.50 bits per heavy atom. The molecular formula is C9H11ClFNO4. The fourth-order valence-electron chi connectivity index (χ4n) is 1.16. The molecule has 0 bridgehead atoms. The molecule has 1 aromatic rings. The number of hydrogen-bond acceptors (Lipinski definition) is 4. The maximum atomic E-state index is 13.0. The summed E-state index contributed by atoms with van der Waals surface area (Å²) in [4.78, 5) is 10.6. The summed E-state index contributed by atoms with van der Waals surface area (Å²) >= 11 is 0. The Morgan fingerprint density at radius 2 is 2.06 bits per heavy atom. The molecule has 0 saturated heterocycles. The minimum absolute atomic E-state index is 0. The summed E-state index contributed by atoms with van der Waals surface area (Å²) in [5.74, 6) is -2.91. The van der Waals surface area contributed by atoms with Gasteiger partial charge in [0.2, 0.25) is 0 Å². The van der Waals surface area contributed by atoms with Crippen LogP contribution in [0.2, 0.25) is 0 Å². The van der Waals surface area contributed by atoms with Crippen molar-refractivity contribution in [3.05, 3.63) is 29.1 Å². The number of rotatable bonds is 3. The van der Waals surface area contributed by atoms with Crippen LogP contribution in [0.15, 0.2) is 12.1 Å². The molecular weight excluding hydrogens is 241 g/mol. The van der Waals surface area contributed by atoms with Crippen LogP contribution in [0.3, 0.4) is 0 Å². The monoisotopic (exact) mass is 251 g/mol. The highest BCUT2D eigenvalue weighted by molar-refractivity contribution is 5.91. The maximum Gasteiger partial charge on any atom is 0.339 e. The first-order valence-electron chi connectivity index (χ1n) is 4.09. The summed E-state index contributed by atoms with van der Waals surface area (Å²) in [7, 11) is 0. The Kier molecular flexibility index (Phi) is 5.16. The Bertz CT molecular complexity index is 399. The van der Waals surface area contributed by atoms with E-state index in [1.807, 2.05) is 0 Å². The zero-order valence-electron chi connectivity index (χ0n) is 8.05. The van der Waals surface area contributed by atoms with E-state index in [1.54, 1.807) is 0 Å². The number of hydrogen-bond donors (Lipinski definition) is 4. The lowest BCUT2D eigenvalue weighted by atomic mass is 10.0. The van der Waals surface area contributed by atoms with Gasteiger partial charge in [-0.25, -0.2) is 9.18 Å². The van der Waals surface area contributed by atoms with Crippen LogP contribution >= 0.6 is 12.4 Å². The molecule has 1 aromatic carbocycles. The fraction of sp³-hybridized carbons (Fsp3) is 0.222. The molecule has 0 heterocycles. The minimum atomic E-state index is -1.46. The predicted octanol–water partition coefficient (Wildman–Crippen LogP) is 0.643. The molecule has 5 nitrogen and oxygen atoms in total. The first-order chi connectivity index (χ1) is 6.97. The van der Waals surface area contributed by atoms with Crippen molar-refractivity contribution in [1.29, 1.82) is 0 Å². The summed E-state index contributed by atoms with van der Waals surface area (Å²) in [5, 5.41) is 26.8. The van der Waals surface area contributed by atoms with Gasteiger partial charge >= 0.3 is 5.97 Å². The number of aliphatic hydroxyl groups excluding tert-OH is 1. The fourth-order valence-corrected chi connectivity index (χ4v) is 1.16. The van der Waals surface area contributed by atoms with Crippen LogP contribution in [0, 0.1) is 5.82 Å². The van der Waals surface area contributed by atoms with Gasteiger partial charge in [-0.3, -0.25) is 0 Å². The van der Waals surface area contributed by atoms with Crippen molar-refractivity contribution in [1.82, 2.24) is 0 Å². The SMILES string of the molecule is Cl.N[C@@H](CO)c1cc(F)cc(C(=O)O)c1O. The number of carboxylic acid groups (broad SMARTS) is 1. The lowest BCUT2D eigenvalue weighted by Crippen LogP contribution is -2.16. The topological polar surface area (TPSA) is 104 Å². The number of carbonyl (C=O) groups is 1. The molecule has 0 aliphatic carbocycles. The molecule has 0 aliphatic rings. The summed E-state index contributed by atoms with van der Waals surface area (Å²) < 4.78 is 13.0. The van der Waals surface area contributed by atoms with Crippen LogP contribution in [-0.4, -0.2) is 27.9 Å². The van der Waals surface area contributed by atoms with E-state index >= 15 is 0 Å². The van der Waals surface area contributed by atoms with Crippen LogP contribution in [0.4, 0.5) is 4.39 Å². The molecule has 0 aromatic heterocycles. The molecule has 90 valence electrons. The molecule has 5 N–H and O–H groups in total. The summed E-state index contributed by atoms with van der Waals surface area (Å²) in [5.41, 5.74) is 4.66. The van der Waals surface area contributed by atoms with Gasteiger partial charge in [-0.05, 0) is 12.1 Å². The second kappa shape index (κ2) is 5.64. The second-order valence-electron chi connectivity index (χ2n) is 2.99. The van der Waals surface area contributed by atoms with Crippen molar-refractivity contribution in [2.75, 3.05) is 6.61 Å². The van der Waals surface area contributed by atoms with Crippen molar-refractivity contribution in [3.63, 3.8) is 0 Å². The van der Waals surface area contributed by atoms with E-state index in [0.29, 0.717) is 6.07 Å². The van der Waals surface area contributed by atoms with Crippen LogP contribution in [0.5, 0.6) is 5.75 Å². The van der Waals surface area contributed by atoms with E-state index < -0.39 is 35.7 Å². The van der Waals surface area contributed by atoms with Crippen molar-refractivity contribution in [2.45, 2.75) is 6.04 Å². The van der Waals surface area contributed by atoms with Crippen LogP contribution in [0.25, 0.3) is 0 Å². The minimum Gasteiger partial charge on any atom is -0.507 e. The zero-order chi connectivity index (χ0) is 11.6. The highest BCUT2D eigenvalue weighted by Gasteiger charge is 2.19. The van der Waals surface area contributed by atoms with Gasteiger partial charge in [-0.2, -0.15) is 0 Å². The molecule has 1 atom stereocenters. The number of carboxylic acids is 1. The number of aromatic hydroxyl groups is 1. The lowest BCUT2D eigenvalue weighted by Gasteiger charge is -2.12. The Hall–Kier alpha value is -1.37. The van der Waals surface area contributed by atoms with Crippen LogP contribution in [-0.2, 0) is 0 Å². The molecule has 0 saturated carbocycles. The smallest absolute Gasteiger partial charge is 0.339 e. The van der Waals surface area contributed by atoms with Gasteiger partial charge < -0.3 is 21.1 Å². The highest BCUT2D eigenvalue weighted by atomic mass is 35.5. The zero-order valence-corrected chi connectivity index (χ0v) is 8.87. The number of phenols is 1. The van der Waals surface area contributed by atoms with Gasteiger partial charge in [0.15, 0.2) is 0 Å². The predicted molar refractivity (Wildman–Crippen MR) is 56.3 cm³/mol. The number of aliphatic hydroxyl groups is 1. The van der Waals surface area contributed by atoms with E-state index in [4.69, 9.17) is 15.9 Å². The lowest BCUT2D eigenvalue weighted by molar-refractivity contribution is 0.0692. The molecule has 0 aliphatic heterocycles. The Labute approximate surface area is 96.7 Å². The van der Waals surface area contributed by atoms with E-state index in [1.165, 1.54) is 0 Å².